The minimum absolute atomic E-state index is 0.254. The van der Waals surface area contributed by atoms with Gasteiger partial charge in [-0.15, -0.1) is 0 Å². The summed E-state index contributed by atoms with van der Waals surface area (Å²) in [6, 6.07) is 2.93. The highest BCUT2D eigenvalue weighted by Crippen LogP contribution is 2.21. The fraction of sp³-hybridized carbons (Fsp3) is 0.538. The molecule has 1 aliphatic rings. The SMILES string of the molecule is COc1ncccc1CNC(=O)[C@@H]1CCCN1S(C)(=O)=O. The number of ether oxygens (including phenoxy) is 1. The van der Waals surface area contributed by atoms with Crippen LogP contribution in [0.4, 0.5) is 0 Å². The summed E-state index contributed by atoms with van der Waals surface area (Å²) in [5.41, 5.74) is 0.747. The second-order valence-electron chi connectivity index (χ2n) is 4.92. The highest BCUT2D eigenvalue weighted by molar-refractivity contribution is 7.88. The Labute approximate surface area is 124 Å². The van der Waals surface area contributed by atoms with Gasteiger partial charge >= 0.3 is 0 Å². The Bertz CT molecular complexity index is 618. The number of sulfonamides is 1. The van der Waals surface area contributed by atoms with Gasteiger partial charge in [-0.25, -0.2) is 13.4 Å². The van der Waals surface area contributed by atoms with Crippen molar-refractivity contribution >= 4 is 15.9 Å². The molecule has 21 heavy (non-hydrogen) atoms. The third-order valence-corrected chi connectivity index (χ3v) is 4.72. The van der Waals surface area contributed by atoms with E-state index < -0.39 is 16.1 Å². The standard InChI is InChI=1S/C13H19N3O4S/c1-20-13-10(5-3-7-14-13)9-15-12(17)11-6-4-8-16(11)21(2,18)19/h3,5,7,11H,4,6,8-9H2,1-2H3,(H,15,17)/t11-/m0/s1. The minimum Gasteiger partial charge on any atom is -0.481 e. The van der Waals surface area contributed by atoms with Gasteiger partial charge in [-0.3, -0.25) is 4.79 Å². The fourth-order valence-corrected chi connectivity index (χ4v) is 3.57. The molecular weight excluding hydrogens is 294 g/mol. The van der Waals surface area contributed by atoms with Crippen LogP contribution < -0.4 is 10.1 Å². The zero-order valence-electron chi connectivity index (χ0n) is 12.1. The topological polar surface area (TPSA) is 88.6 Å². The van der Waals surface area contributed by atoms with Gasteiger partial charge in [-0.2, -0.15) is 4.31 Å². The molecule has 1 aromatic rings. The second-order valence-corrected chi connectivity index (χ2v) is 6.86. The molecule has 1 amide bonds. The Hall–Kier alpha value is -1.67. The van der Waals surface area contributed by atoms with E-state index in [-0.39, 0.29) is 12.5 Å². The van der Waals surface area contributed by atoms with Crippen LogP contribution in [0.1, 0.15) is 18.4 Å². The first kappa shape index (κ1) is 15.7. The molecule has 116 valence electrons. The fourth-order valence-electron chi connectivity index (χ4n) is 2.44. The van der Waals surface area contributed by atoms with Crippen molar-refractivity contribution in [1.29, 1.82) is 0 Å². The summed E-state index contributed by atoms with van der Waals surface area (Å²) in [5, 5.41) is 2.75. The Balaban J connectivity index is 2.02. The van der Waals surface area contributed by atoms with Crippen molar-refractivity contribution in [3.63, 3.8) is 0 Å². The zero-order valence-corrected chi connectivity index (χ0v) is 12.9. The number of carbonyl (C=O) groups excluding carboxylic acids is 1. The first-order valence-electron chi connectivity index (χ1n) is 6.66. The Morgan fingerprint density at radius 3 is 3.00 bits per heavy atom. The maximum Gasteiger partial charge on any atom is 0.238 e. The number of hydrogen-bond donors (Lipinski definition) is 1. The molecule has 0 bridgehead atoms. The van der Waals surface area contributed by atoms with Gasteiger partial charge < -0.3 is 10.1 Å². The van der Waals surface area contributed by atoms with Crippen molar-refractivity contribution in [2.24, 2.45) is 0 Å². The van der Waals surface area contributed by atoms with Crippen molar-refractivity contribution in [1.82, 2.24) is 14.6 Å². The lowest BCUT2D eigenvalue weighted by molar-refractivity contribution is -0.124. The van der Waals surface area contributed by atoms with Crippen molar-refractivity contribution in [3.8, 4) is 5.88 Å². The number of pyridine rings is 1. The number of nitrogens with zero attached hydrogens (tertiary/aromatic N) is 2. The monoisotopic (exact) mass is 313 g/mol. The molecule has 2 heterocycles. The first-order chi connectivity index (χ1) is 9.93. The number of methoxy groups -OCH3 is 1. The summed E-state index contributed by atoms with van der Waals surface area (Å²) >= 11 is 0. The lowest BCUT2D eigenvalue weighted by Gasteiger charge is -2.21. The summed E-state index contributed by atoms with van der Waals surface area (Å²) in [7, 11) is -1.85. The predicted molar refractivity (Wildman–Crippen MR) is 77.2 cm³/mol. The minimum atomic E-state index is -3.36. The van der Waals surface area contributed by atoms with E-state index in [1.54, 1.807) is 18.3 Å². The molecule has 1 atom stereocenters. The lowest BCUT2D eigenvalue weighted by Crippen LogP contribution is -2.45. The molecule has 1 aliphatic heterocycles. The van der Waals surface area contributed by atoms with Crippen LogP contribution in [-0.4, -0.2) is 49.6 Å². The van der Waals surface area contributed by atoms with Crippen LogP contribution in [0.3, 0.4) is 0 Å². The maximum atomic E-state index is 12.2. The van der Waals surface area contributed by atoms with Gasteiger partial charge in [-0.1, -0.05) is 6.07 Å². The number of carbonyl (C=O) groups is 1. The molecule has 2 rings (SSSR count). The van der Waals surface area contributed by atoms with E-state index in [1.165, 1.54) is 11.4 Å². The van der Waals surface area contributed by atoms with Crippen molar-refractivity contribution in [2.75, 3.05) is 19.9 Å². The third kappa shape index (κ3) is 3.70. The number of aromatic nitrogens is 1. The van der Waals surface area contributed by atoms with Gasteiger partial charge in [0.15, 0.2) is 0 Å². The van der Waals surface area contributed by atoms with Crippen molar-refractivity contribution in [2.45, 2.75) is 25.4 Å². The molecule has 0 spiro atoms. The zero-order chi connectivity index (χ0) is 15.5. The van der Waals surface area contributed by atoms with E-state index in [1.807, 2.05) is 0 Å². The number of hydrogen-bond acceptors (Lipinski definition) is 5. The van der Waals surface area contributed by atoms with Crippen LogP contribution in [0.5, 0.6) is 5.88 Å². The number of amides is 1. The van der Waals surface area contributed by atoms with Gasteiger partial charge in [0.2, 0.25) is 21.8 Å². The Kier molecular flexibility index (Phi) is 4.79. The molecular formula is C13H19N3O4S. The van der Waals surface area contributed by atoms with E-state index in [9.17, 15) is 13.2 Å². The molecule has 7 nitrogen and oxygen atoms in total. The molecule has 1 aromatic heterocycles. The van der Waals surface area contributed by atoms with Crippen LogP contribution in [0.15, 0.2) is 18.3 Å². The molecule has 8 heteroatoms. The average Bonchev–Trinajstić information content (AvgIpc) is 2.94. The molecule has 1 N–H and O–H groups in total. The van der Waals surface area contributed by atoms with Crippen molar-refractivity contribution in [3.05, 3.63) is 23.9 Å². The second kappa shape index (κ2) is 6.40. The molecule has 0 radical (unpaired) electrons. The van der Waals surface area contributed by atoms with Crippen LogP contribution in [0.2, 0.25) is 0 Å². The molecule has 0 unspecified atom stereocenters. The van der Waals surface area contributed by atoms with E-state index in [2.05, 4.69) is 10.3 Å². The lowest BCUT2D eigenvalue weighted by atomic mass is 10.2. The van der Waals surface area contributed by atoms with E-state index in [0.29, 0.717) is 25.3 Å². The molecule has 0 saturated carbocycles. The highest BCUT2D eigenvalue weighted by Gasteiger charge is 2.36. The Morgan fingerprint density at radius 1 is 1.57 bits per heavy atom. The average molecular weight is 313 g/mol. The van der Waals surface area contributed by atoms with Crippen molar-refractivity contribution < 1.29 is 17.9 Å². The third-order valence-electron chi connectivity index (χ3n) is 3.43. The summed E-state index contributed by atoms with van der Waals surface area (Å²) in [5.74, 6) is 0.160. The van der Waals surface area contributed by atoms with E-state index in [4.69, 9.17) is 4.74 Å². The molecule has 0 aromatic carbocycles. The summed E-state index contributed by atoms with van der Waals surface area (Å²) in [4.78, 5) is 16.2. The van der Waals surface area contributed by atoms with Gasteiger partial charge in [-0.05, 0) is 18.9 Å². The maximum absolute atomic E-state index is 12.2. The van der Waals surface area contributed by atoms with Crippen LogP contribution in [0.25, 0.3) is 0 Å². The van der Waals surface area contributed by atoms with Gasteiger partial charge in [0.1, 0.15) is 6.04 Å². The van der Waals surface area contributed by atoms with E-state index >= 15 is 0 Å². The molecule has 0 aliphatic carbocycles. The smallest absolute Gasteiger partial charge is 0.238 e. The predicted octanol–water partition coefficient (Wildman–Crippen LogP) is 0.130. The first-order valence-corrected chi connectivity index (χ1v) is 8.50. The number of rotatable bonds is 5. The summed E-state index contributed by atoms with van der Waals surface area (Å²) in [6.07, 6.45) is 3.97. The van der Waals surface area contributed by atoms with Gasteiger partial charge in [0.05, 0.1) is 13.4 Å². The van der Waals surface area contributed by atoms with E-state index in [0.717, 1.165) is 11.8 Å². The molecule has 1 saturated heterocycles. The largest absolute Gasteiger partial charge is 0.481 e. The van der Waals surface area contributed by atoms with Crippen LogP contribution >= 0.6 is 0 Å². The Morgan fingerprint density at radius 2 is 2.33 bits per heavy atom. The van der Waals surface area contributed by atoms with Crippen LogP contribution in [-0.2, 0) is 21.4 Å². The molecule has 1 fully saturated rings. The number of nitrogens with one attached hydrogen (secondary N) is 1. The van der Waals surface area contributed by atoms with Crippen LogP contribution in [0, 0.1) is 0 Å². The summed E-state index contributed by atoms with van der Waals surface area (Å²) in [6.45, 7) is 0.650. The quantitative estimate of drug-likeness (QED) is 0.835. The van der Waals surface area contributed by atoms with Gasteiger partial charge in [0, 0.05) is 24.8 Å². The summed E-state index contributed by atoms with van der Waals surface area (Å²) < 4.78 is 29.6. The normalized spacial score (nSPS) is 19.4. The van der Waals surface area contributed by atoms with Gasteiger partial charge in [0.25, 0.3) is 0 Å². The highest BCUT2D eigenvalue weighted by atomic mass is 32.2.